The van der Waals surface area contributed by atoms with Crippen molar-refractivity contribution in [2.45, 2.75) is 84.2 Å². The Labute approximate surface area is 133 Å². The Morgan fingerprint density at radius 2 is 1.64 bits per heavy atom. The summed E-state index contributed by atoms with van der Waals surface area (Å²) in [6.45, 7) is 7.36. The van der Waals surface area contributed by atoms with E-state index in [-0.39, 0.29) is 5.57 Å². The zero-order valence-electron chi connectivity index (χ0n) is 14.0. The summed E-state index contributed by atoms with van der Waals surface area (Å²) in [6, 6.07) is 0. The van der Waals surface area contributed by atoms with Crippen LogP contribution in [0, 0.1) is 5.41 Å². The Kier molecular flexibility index (Phi) is 7.63. The summed E-state index contributed by atoms with van der Waals surface area (Å²) in [5.41, 5.74) is -1.20. The highest BCUT2D eigenvalue weighted by atomic mass is 16.6. The molecule has 0 aromatic heterocycles. The van der Waals surface area contributed by atoms with Crippen molar-refractivity contribution in [3.8, 4) is 0 Å². The lowest BCUT2D eigenvalue weighted by Gasteiger charge is -2.24. The maximum atomic E-state index is 11.6. The van der Waals surface area contributed by atoms with Crippen molar-refractivity contribution < 1.29 is 19.4 Å². The number of ether oxygens (including phenoxy) is 1. The van der Waals surface area contributed by atoms with Gasteiger partial charge < -0.3 is 9.84 Å². The van der Waals surface area contributed by atoms with Crippen LogP contribution >= 0.6 is 0 Å². The van der Waals surface area contributed by atoms with E-state index in [9.17, 15) is 14.7 Å². The molecule has 0 amide bonds. The molecule has 2 atom stereocenters. The summed E-state index contributed by atoms with van der Waals surface area (Å²) >= 11 is 0. The molecule has 0 bridgehead atoms. The first-order chi connectivity index (χ1) is 10.4. The minimum atomic E-state index is -1.27. The summed E-state index contributed by atoms with van der Waals surface area (Å²) in [4.78, 5) is 23.0. The summed E-state index contributed by atoms with van der Waals surface area (Å²) in [7, 11) is 0. The molecule has 0 aromatic carbocycles. The average Bonchev–Trinajstić information content (AvgIpc) is 2.71. The van der Waals surface area contributed by atoms with Gasteiger partial charge in [-0.05, 0) is 19.8 Å². The molecule has 0 aliphatic carbocycles. The van der Waals surface area contributed by atoms with Crippen LogP contribution in [0.4, 0.5) is 0 Å². The molecule has 1 rings (SSSR count). The first-order valence-electron chi connectivity index (χ1n) is 8.58. The molecule has 0 saturated carbocycles. The van der Waals surface area contributed by atoms with E-state index in [1.165, 1.54) is 38.5 Å². The van der Waals surface area contributed by atoms with E-state index in [0.717, 1.165) is 19.3 Å². The molecule has 1 heterocycles. The zero-order chi connectivity index (χ0) is 16.6. The molecular weight excluding hydrogens is 280 g/mol. The Morgan fingerprint density at radius 1 is 1.14 bits per heavy atom. The molecule has 2 unspecified atom stereocenters. The Morgan fingerprint density at radius 3 is 2.14 bits per heavy atom. The van der Waals surface area contributed by atoms with Crippen LogP contribution < -0.4 is 0 Å². The van der Waals surface area contributed by atoms with Gasteiger partial charge in [-0.15, -0.1) is 0 Å². The molecule has 1 aliphatic rings. The van der Waals surface area contributed by atoms with Crippen molar-refractivity contribution >= 4 is 11.9 Å². The number of aliphatic carboxylic acids is 1. The van der Waals surface area contributed by atoms with Gasteiger partial charge in [0.1, 0.15) is 11.5 Å². The monoisotopic (exact) mass is 310 g/mol. The fourth-order valence-corrected chi connectivity index (χ4v) is 2.98. The third kappa shape index (κ3) is 4.59. The van der Waals surface area contributed by atoms with Gasteiger partial charge in [-0.3, -0.25) is 4.79 Å². The molecule has 1 N–H and O–H groups in total. The largest absolute Gasteiger partial charge is 0.480 e. The number of carboxylic acid groups (broad SMARTS) is 1. The van der Waals surface area contributed by atoms with Crippen LogP contribution in [0.25, 0.3) is 0 Å². The van der Waals surface area contributed by atoms with E-state index < -0.39 is 23.5 Å². The number of carbonyl (C=O) groups is 2. The van der Waals surface area contributed by atoms with Gasteiger partial charge in [-0.1, -0.05) is 64.9 Å². The van der Waals surface area contributed by atoms with Crippen LogP contribution in [0.15, 0.2) is 12.2 Å². The molecule has 1 fully saturated rings. The predicted molar refractivity (Wildman–Crippen MR) is 86.6 cm³/mol. The van der Waals surface area contributed by atoms with Crippen molar-refractivity contribution in [3.63, 3.8) is 0 Å². The van der Waals surface area contributed by atoms with Gasteiger partial charge >= 0.3 is 11.9 Å². The number of cyclic esters (lactones) is 1. The lowest BCUT2D eigenvalue weighted by atomic mass is 9.78. The smallest absolute Gasteiger partial charge is 0.335 e. The van der Waals surface area contributed by atoms with Crippen LogP contribution in [-0.4, -0.2) is 23.1 Å². The Balaban J connectivity index is 2.23. The highest BCUT2D eigenvalue weighted by Crippen LogP contribution is 2.41. The number of rotatable bonds is 11. The Bertz CT molecular complexity index is 402. The molecule has 22 heavy (non-hydrogen) atoms. The lowest BCUT2D eigenvalue weighted by Crippen LogP contribution is -2.37. The fourth-order valence-electron chi connectivity index (χ4n) is 2.98. The third-order valence-corrected chi connectivity index (χ3v) is 4.78. The van der Waals surface area contributed by atoms with Gasteiger partial charge in [-0.2, -0.15) is 0 Å². The topological polar surface area (TPSA) is 63.6 Å². The van der Waals surface area contributed by atoms with Gasteiger partial charge in [0, 0.05) is 0 Å². The molecule has 1 aliphatic heterocycles. The summed E-state index contributed by atoms with van der Waals surface area (Å²) in [5, 5.41) is 9.38. The van der Waals surface area contributed by atoms with Crippen LogP contribution in [0.2, 0.25) is 0 Å². The highest BCUT2D eigenvalue weighted by Gasteiger charge is 2.54. The van der Waals surface area contributed by atoms with Crippen LogP contribution in [0.5, 0.6) is 0 Å². The first kappa shape index (κ1) is 18.7. The number of carboxylic acids is 1. The fraction of sp³-hybridized carbons (Fsp3) is 0.778. The molecule has 1 saturated heterocycles. The van der Waals surface area contributed by atoms with E-state index in [1.54, 1.807) is 6.92 Å². The van der Waals surface area contributed by atoms with E-state index >= 15 is 0 Å². The number of hydrogen-bond acceptors (Lipinski definition) is 3. The third-order valence-electron chi connectivity index (χ3n) is 4.78. The maximum Gasteiger partial charge on any atom is 0.335 e. The summed E-state index contributed by atoms with van der Waals surface area (Å²) < 4.78 is 5.20. The van der Waals surface area contributed by atoms with E-state index in [2.05, 4.69) is 13.5 Å². The second-order valence-corrected chi connectivity index (χ2v) is 6.50. The minimum Gasteiger partial charge on any atom is -0.480 e. The molecule has 0 radical (unpaired) electrons. The zero-order valence-corrected chi connectivity index (χ0v) is 14.0. The standard InChI is InChI=1S/C18H30O4/c1-4-5-6-7-8-9-10-11-12-13-15-18(3,17(20)21)14(2)16(19)22-15/h15H,2,4-13H2,1,3H3,(H,20,21). The van der Waals surface area contributed by atoms with Crippen LogP contribution in [0.1, 0.15) is 78.1 Å². The minimum absolute atomic E-state index is 0.0703. The first-order valence-corrected chi connectivity index (χ1v) is 8.58. The number of esters is 1. The van der Waals surface area contributed by atoms with Crippen molar-refractivity contribution in [1.82, 2.24) is 0 Å². The van der Waals surface area contributed by atoms with E-state index in [4.69, 9.17) is 4.74 Å². The Hall–Kier alpha value is -1.32. The van der Waals surface area contributed by atoms with Crippen LogP contribution in [-0.2, 0) is 14.3 Å². The van der Waals surface area contributed by atoms with Gasteiger partial charge in [0.25, 0.3) is 0 Å². The van der Waals surface area contributed by atoms with Crippen molar-refractivity contribution in [3.05, 3.63) is 12.2 Å². The highest BCUT2D eigenvalue weighted by molar-refractivity contribution is 6.00. The van der Waals surface area contributed by atoms with Crippen molar-refractivity contribution in [1.29, 1.82) is 0 Å². The van der Waals surface area contributed by atoms with Gasteiger partial charge in [0.2, 0.25) is 0 Å². The summed E-state index contributed by atoms with van der Waals surface area (Å²) in [5.74, 6) is -1.59. The van der Waals surface area contributed by atoms with E-state index in [0.29, 0.717) is 6.42 Å². The molecule has 4 heteroatoms. The lowest BCUT2D eigenvalue weighted by molar-refractivity contribution is -0.151. The molecular formula is C18H30O4. The molecule has 126 valence electrons. The van der Waals surface area contributed by atoms with Crippen molar-refractivity contribution in [2.75, 3.05) is 0 Å². The molecule has 4 nitrogen and oxygen atoms in total. The normalized spacial score (nSPS) is 24.5. The number of hydrogen-bond donors (Lipinski definition) is 1. The number of carbonyl (C=O) groups excluding carboxylic acids is 1. The SMILES string of the molecule is C=C1C(=O)OC(CCCCCCCCCCC)C1(C)C(=O)O. The van der Waals surface area contributed by atoms with Gasteiger partial charge in [-0.25, -0.2) is 4.79 Å². The summed E-state index contributed by atoms with van der Waals surface area (Å²) in [6.07, 6.45) is 10.9. The van der Waals surface area contributed by atoms with Crippen LogP contribution in [0.3, 0.4) is 0 Å². The van der Waals surface area contributed by atoms with Gasteiger partial charge in [0.05, 0.1) is 5.57 Å². The van der Waals surface area contributed by atoms with Crippen molar-refractivity contribution in [2.24, 2.45) is 5.41 Å². The number of unbranched alkanes of at least 4 members (excludes halogenated alkanes) is 8. The average molecular weight is 310 g/mol. The molecule has 0 spiro atoms. The second-order valence-electron chi connectivity index (χ2n) is 6.50. The van der Waals surface area contributed by atoms with E-state index in [1.807, 2.05) is 0 Å². The van der Waals surface area contributed by atoms with Gasteiger partial charge in [0.15, 0.2) is 0 Å². The molecule has 0 aromatic rings. The maximum absolute atomic E-state index is 11.6. The quantitative estimate of drug-likeness (QED) is 0.347. The second kappa shape index (κ2) is 8.96. The predicted octanol–water partition coefficient (Wildman–Crippen LogP) is 4.48.